The van der Waals surface area contributed by atoms with Gasteiger partial charge in [0.1, 0.15) is 11.2 Å². The SMILES string of the molecule is c1ccc2c(c1)CCc1c(-c3ccc(N(c4ccc(-c5cccc6c5ccc5ccccc56)cc4)c4ccccc4-c4ccc5oc6cc7ccccc7cc6c5c4)cc3)cccc1-2. The Balaban J connectivity index is 0.947. The molecule has 0 atom stereocenters. The van der Waals surface area contributed by atoms with Gasteiger partial charge in [0.2, 0.25) is 0 Å². The monoisotopic (exact) mass is 815 g/mol. The molecule has 0 spiro atoms. The number of aryl methyl sites for hydroxylation is 1. The van der Waals surface area contributed by atoms with Crippen LogP contribution in [0, 0.1) is 0 Å². The van der Waals surface area contributed by atoms with E-state index in [1.54, 1.807) is 0 Å². The Labute approximate surface area is 371 Å². The third-order valence-corrected chi connectivity index (χ3v) is 13.6. The van der Waals surface area contributed by atoms with Crippen LogP contribution in [0.15, 0.2) is 229 Å². The van der Waals surface area contributed by atoms with E-state index in [2.05, 4.69) is 229 Å². The summed E-state index contributed by atoms with van der Waals surface area (Å²) in [6, 6.07) is 82.3. The molecule has 64 heavy (non-hydrogen) atoms. The van der Waals surface area contributed by atoms with Crippen LogP contribution in [-0.2, 0) is 12.8 Å². The predicted octanol–water partition coefficient (Wildman–Crippen LogP) is 17.3. The molecule has 1 aliphatic rings. The Hall–Kier alpha value is -8.20. The molecule has 0 bridgehead atoms. The Kier molecular flexibility index (Phi) is 8.39. The van der Waals surface area contributed by atoms with Gasteiger partial charge in [-0.1, -0.05) is 170 Å². The van der Waals surface area contributed by atoms with Crippen LogP contribution in [0.1, 0.15) is 11.1 Å². The highest BCUT2D eigenvalue weighted by Crippen LogP contribution is 2.45. The van der Waals surface area contributed by atoms with Gasteiger partial charge in [-0.25, -0.2) is 0 Å². The van der Waals surface area contributed by atoms with Gasteiger partial charge in [0.25, 0.3) is 0 Å². The molecule has 0 N–H and O–H groups in total. The maximum absolute atomic E-state index is 6.45. The first-order chi connectivity index (χ1) is 31.7. The van der Waals surface area contributed by atoms with Gasteiger partial charge < -0.3 is 9.32 Å². The summed E-state index contributed by atoms with van der Waals surface area (Å²) in [5, 5.41) is 9.70. The Bertz CT molecular complexity index is 3780. The third kappa shape index (κ3) is 5.95. The van der Waals surface area contributed by atoms with E-state index in [0.29, 0.717) is 0 Å². The number of para-hydroxylation sites is 1. The average molecular weight is 816 g/mol. The number of hydrogen-bond acceptors (Lipinski definition) is 2. The van der Waals surface area contributed by atoms with E-state index in [1.807, 2.05) is 0 Å². The minimum atomic E-state index is 0.891. The van der Waals surface area contributed by atoms with Crippen LogP contribution in [0.4, 0.5) is 17.1 Å². The van der Waals surface area contributed by atoms with Gasteiger partial charge in [-0.2, -0.15) is 0 Å². The number of rotatable bonds is 6. The van der Waals surface area contributed by atoms with Gasteiger partial charge in [0, 0.05) is 27.7 Å². The first-order valence-electron chi connectivity index (χ1n) is 22.3. The summed E-state index contributed by atoms with van der Waals surface area (Å²) < 4.78 is 6.45. The zero-order valence-electron chi connectivity index (χ0n) is 35.1. The van der Waals surface area contributed by atoms with Crippen molar-refractivity contribution < 1.29 is 4.42 Å². The summed E-state index contributed by atoms with van der Waals surface area (Å²) in [5.74, 6) is 0. The lowest BCUT2D eigenvalue weighted by Crippen LogP contribution is -2.11. The Morgan fingerprint density at radius 2 is 0.906 bits per heavy atom. The average Bonchev–Trinajstić information content (AvgIpc) is 3.72. The molecule has 13 rings (SSSR count). The summed E-state index contributed by atoms with van der Waals surface area (Å²) in [6.07, 6.45) is 2.10. The van der Waals surface area contributed by atoms with Gasteiger partial charge in [0.05, 0.1) is 5.69 Å². The maximum Gasteiger partial charge on any atom is 0.136 e. The van der Waals surface area contributed by atoms with Crippen molar-refractivity contribution in [3.05, 3.63) is 236 Å². The second kappa shape index (κ2) is 14.7. The topological polar surface area (TPSA) is 16.4 Å². The van der Waals surface area contributed by atoms with Crippen molar-refractivity contribution in [3.8, 4) is 44.5 Å². The van der Waals surface area contributed by atoms with Gasteiger partial charge in [-0.3, -0.25) is 0 Å². The smallest absolute Gasteiger partial charge is 0.136 e. The van der Waals surface area contributed by atoms with Crippen LogP contribution in [-0.4, -0.2) is 0 Å². The molecule has 0 fully saturated rings. The molecule has 0 saturated heterocycles. The first-order valence-corrected chi connectivity index (χ1v) is 22.3. The maximum atomic E-state index is 6.45. The van der Waals surface area contributed by atoms with Crippen molar-refractivity contribution in [3.63, 3.8) is 0 Å². The number of hydrogen-bond donors (Lipinski definition) is 0. The number of anilines is 3. The molecular formula is C62H41NO. The summed E-state index contributed by atoms with van der Waals surface area (Å²) in [5.41, 5.74) is 17.9. The summed E-state index contributed by atoms with van der Waals surface area (Å²) in [6.45, 7) is 0. The number of furan rings is 1. The normalized spacial score (nSPS) is 12.2. The zero-order chi connectivity index (χ0) is 42.1. The van der Waals surface area contributed by atoms with Crippen molar-refractivity contribution in [2.24, 2.45) is 0 Å². The summed E-state index contributed by atoms with van der Waals surface area (Å²) in [4.78, 5) is 2.42. The van der Waals surface area contributed by atoms with Crippen LogP contribution < -0.4 is 4.90 Å². The van der Waals surface area contributed by atoms with Gasteiger partial charge in [-0.05, 0) is 150 Å². The molecule has 1 aliphatic carbocycles. The summed E-state index contributed by atoms with van der Waals surface area (Å²) in [7, 11) is 0. The van der Waals surface area contributed by atoms with Crippen LogP contribution in [0.25, 0.3) is 98.8 Å². The molecule has 0 aliphatic heterocycles. The molecule has 0 radical (unpaired) electrons. The van der Waals surface area contributed by atoms with E-state index < -0.39 is 0 Å². The molecule has 0 unspecified atom stereocenters. The fourth-order valence-corrected chi connectivity index (χ4v) is 10.5. The van der Waals surface area contributed by atoms with Gasteiger partial charge >= 0.3 is 0 Å². The molecule has 11 aromatic carbocycles. The zero-order valence-corrected chi connectivity index (χ0v) is 35.1. The van der Waals surface area contributed by atoms with E-state index in [-0.39, 0.29) is 0 Å². The molecule has 12 aromatic rings. The van der Waals surface area contributed by atoms with Crippen LogP contribution in [0.3, 0.4) is 0 Å². The second-order valence-electron chi connectivity index (χ2n) is 17.1. The lowest BCUT2D eigenvalue weighted by Gasteiger charge is -2.28. The predicted molar refractivity (Wildman–Crippen MR) is 270 cm³/mol. The van der Waals surface area contributed by atoms with Crippen LogP contribution >= 0.6 is 0 Å². The molecule has 2 nitrogen and oxygen atoms in total. The van der Waals surface area contributed by atoms with Crippen molar-refractivity contribution in [2.75, 3.05) is 4.90 Å². The molecular weight excluding hydrogens is 775 g/mol. The van der Waals surface area contributed by atoms with E-state index in [1.165, 1.54) is 76.8 Å². The largest absolute Gasteiger partial charge is 0.456 e. The van der Waals surface area contributed by atoms with Gasteiger partial charge in [-0.15, -0.1) is 0 Å². The second-order valence-corrected chi connectivity index (χ2v) is 17.1. The van der Waals surface area contributed by atoms with Crippen molar-refractivity contribution in [1.29, 1.82) is 0 Å². The highest BCUT2D eigenvalue weighted by molar-refractivity contribution is 6.13. The lowest BCUT2D eigenvalue weighted by molar-refractivity contribution is 0.669. The van der Waals surface area contributed by atoms with E-state index in [9.17, 15) is 0 Å². The van der Waals surface area contributed by atoms with Gasteiger partial charge in [0.15, 0.2) is 0 Å². The molecule has 0 saturated carbocycles. The standard InChI is InChI=1S/C62H41NO/c1-2-14-45-39-62-59(37-44(45)13-1)58-38-46(29-36-61(58)64-62)53-17-7-8-22-60(53)63(47-30-23-42(24-31-47)51-18-9-20-54-49-15-5-3-11-40(49)27-34-56(51)54)48-32-25-43(26-33-48)52-19-10-21-55-50-16-6-4-12-41(50)28-35-57(52)55/h1-27,29-34,36-39H,28,35H2. The van der Waals surface area contributed by atoms with Crippen LogP contribution in [0.2, 0.25) is 0 Å². The summed E-state index contributed by atoms with van der Waals surface area (Å²) >= 11 is 0. The van der Waals surface area contributed by atoms with E-state index >= 15 is 0 Å². The Morgan fingerprint density at radius 3 is 1.73 bits per heavy atom. The van der Waals surface area contributed by atoms with E-state index in [4.69, 9.17) is 4.42 Å². The van der Waals surface area contributed by atoms with E-state index in [0.717, 1.165) is 63.0 Å². The molecule has 0 amide bonds. The minimum Gasteiger partial charge on any atom is -0.456 e. The number of fused-ring (bicyclic) bond motifs is 10. The molecule has 1 aromatic heterocycles. The number of benzene rings is 11. The minimum absolute atomic E-state index is 0.891. The fraction of sp³-hybridized carbons (Fsp3) is 0.0323. The quantitative estimate of drug-likeness (QED) is 0.155. The molecule has 300 valence electrons. The fourth-order valence-electron chi connectivity index (χ4n) is 10.5. The first kappa shape index (κ1) is 36.5. The highest BCUT2D eigenvalue weighted by atomic mass is 16.3. The van der Waals surface area contributed by atoms with Crippen molar-refractivity contribution >= 4 is 71.3 Å². The van der Waals surface area contributed by atoms with Crippen molar-refractivity contribution in [2.45, 2.75) is 12.8 Å². The van der Waals surface area contributed by atoms with Crippen molar-refractivity contribution in [1.82, 2.24) is 0 Å². The van der Waals surface area contributed by atoms with Crippen LogP contribution in [0.5, 0.6) is 0 Å². The Morgan fingerprint density at radius 1 is 0.312 bits per heavy atom. The molecule has 2 heteroatoms. The highest BCUT2D eigenvalue weighted by Gasteiger charge is 2.22. The number of nitrogens with zero attached hydrogens (tertiary/aromatic N) is 1. The molecule has 1 heterocycles. The third-order valence-electron chi connectivity index (χ3n) is 13.6. The lowest BCUT2D eigenvalue weighted by atomic mass is 9.82.